The van der Waals surface area contributed by atoms with Crippen LogP contribution in [-0.4, -0.2) is 25.0 Å². The van der Waals surface area contributed by atoms with Crippen LogP contribution in [0.5, 0.6) is 11.5 Å². The average Bonchev–Trinajstić information content (AvgIpc) is 2.78. The quantitative estimate of drug-likeness (QED) is 0.648. The lowest BCUT2D eigenvalue weighted by Gasteiger charge is -2.29. The third-order valence-corrected chi connectivity index (χ3v) is 4.76. The molecule has 1 heterocycles. The first kappa shape index (κ1) is 19.5. The van der Waals surface area contributed by atoms with Crippen LogP contribution in [0.25, 0.3) is 0 Å². The van der Waals surface area contributed by atoms with Gasteiger partial charge < -0.3 is 19.7 Å². The molecule has 4 rings (SSSR count). The highest BCUT2D eigenvalue weighted by Crippen LogP contribution is 2.31. The Bertz CT molecular complexity index is 1020. The van der Waals surface area contributed by atoms with Gasteiger partial charge in [0.05, 0.1) is 5.69 Å². The predicted octanol–water partition coefficient (Wildman–Crippen LogP) is 4.02. The fraction of sp³-hybridized carbons (Fsp3) is 0.167. The molecule has 0 fully saturated rings. The molecule has 0 radical (unpaired) electrons. The number of ether oxygens (including phenoxy) is 2. The Balaban J connectivity index is 1.29. The van der Waals surface area contributed by atoms with Crippen LogP contribution < -0.4 is 19.7 Å². The maximum atomic E-state index is 12.4. The number of carbonyl (C=O) groups is 2. The molecule has 0 aliphatic carbocycles. The summed E-state index contributed by atoms with van der Waals surface area (Å²) in [6, 6.07) is 24.5. The molecule has 2 amide bonds. The number of fused-ring (bicyclic) bond motifs is 1. The first-order valence-corrected chi connectivity index (χ1v) is 9.78. The van der Waals surface area contributed by atoms with Gasteiger partial charge in [-0.2, -0.15) is 0 Å². The fourth-order valence-electron chi connectivity index (χ4n) is 3.21. The van der Waals surface area contributed by atoms with Crippen LogP contribution in [0.15, 0.2) is 78.9 Å². The van der Waals surface area contributed by atoms with Crippen LogP contribution in [-0.2, 0) is 16.2 Å². The van der Waals surface area contributed by atoms with Gasteiger partial charge in [-0.05, 0) is 42.0 Å². The number of hydrogen-bond donors (Lipinski definition) is 1. The van der Waals surface area contributed by atoms with E-state index in [0.29, 0.717) is 30.3 Å². The SMILES string of the molecule is O=C(CCN1C(=O)COc2ccccc21)Nc1ccc(OCc2ccccc2)cc1. The van der Waals surface area contributed by atoms with Gasteiger partial charge in [-0.1, -0.05) is 42.5 Å². The number of nitrogens with zero attached hydrogens (tertiary/aromatic N) is 1. The van der Waals surface area contributed by atoms with Crippen molar-refractivity contribution in [3.05, 3.63) is 84.4 Å². The zero-order valence-corrected chi connectivity index (χ0v) is 16.4. The number of carbonyl (C=O) groups excluding carboxylic acids is 2. The summed E-state index contributed by atoms with van der Waals surface area (Å²) in [5.74, 6) is 1.07. The lowest BCUT2D eigenvalue weighted by atomic mass is 10.2. The third kappa shape index (κ3) is 4.78. The van der Waals surface area contributed by atoms with Gasteiger partial charge in [0, 0.05) is 18.7 Å². The lowest BCUT2D eigenvalue weighted by Crippen LogP contribution is -2.40. The van der Waals surface area contributed by atoms with Crippen molar-refractivity contribution < 1.29 is 19.1 Å². The molecule has 1 aliphatic rings. The molecule has 0 aromatic heterocycles. The number of benzene rings is 3. The molecule has 0 spiro atoms. The standard InChI is InChI=1S/C24H22N2O4/c27-23(14-15-26-21-8-4-5-9-22(21)30-17-24(26)28)25-19-10-12-20(13-11-19)29-16-18-6-2-1-3-7-18/h1-13H,14-17H2,(H,25,27). The highest BCUT2D eigenvalue weighted by molar-refractivity contribution is 5.99. The van der Waals surface area contributed by atoms with Gasteiger partial charge in [-0.3, -0.25) is 9.59 Å². The monoisotopic (exact) mass is 402 g/mol. The Kier molecular flexibility index (Phi) is 5.94. The van der Waals surface area contributed by atoms with E-state index in [9.17, 15) is 9.59 Å². The van der Waals surface area contributed by atoms with Gasteiger partial charge in [-0.25, -0.2) is 0 Å². The summed E-state index contributed by atoms with van der Waals surface area (Å²) in [5, 5.41) is 2.86. The van der Waals surface area contributed by atoms with Crippen LogP contribution in [0.1, 0.15) is 12.0 Å². The summed E-state index contributed by atoms with van der Waals surface area (Å²) in [6.45, 7) is 0.772. The molecule has 0 atom stereocenters. The fourth-order valence-corrected chi connectivity index (χ4v) is 3.21. The molecule has 1 aliphatic heterocycles. The van der Waals surface area contributed by atoms with Crippen molar-refractivity contribution in [2.45, 2.75) is 13.0 Å². The number of amides is 2. The van der Waals surface area contributed by atoms with E-state index in [1.807, 2.05) is 66.7 Å². The molecular formula is C24H22N2O4. The summed E-state index contributed by atoms with van der Waals surface area (Å²) in [4.78, 5) is 26.1. The molecule has 152 valence electrons. The molecule has 3 aromatic carbocycles. The Morgan fingerprint density at radius 3 is 2.50 bits per heavy atom. The minimum Gasteiger partial charge on any atom is -0.489 e. The van der Waals surface area contributed by atoms with E-state index in [1.165, 1.54) is 0 Å². The van der Waals surface area contributed by atoms with Crippen LogP contribution in [0, 0.1) is 0 Å². The van der Waals surface area contributed by atoms with E-state index in [-0.39, 0.29) is 24.8 Å². The zero-order chi connectivity index (χ0) is 20.8. The minimum atomic E-state index is -0.162. The second-order valence-electron chi connectivity index (χ2n) is 6.90. The van der Waals surface area contributed by atoms with Crippen molar-refractivity contribution >= 4 is 23.2 Å². The zero-order valence-electron chi connectivity index (χ0n) is 16.4. The van der Waals surface area contributed by atoms with Gasteiger partial charge in [0.25, 0.3) is 5.91 Å². The highest BCUT2D eigenvalue weighted by atomic mass is 16.5. The van der Waals surface area contributed by atoms with E-state index in [0.717, 1.165) is 11.3 Å². The smallest absolute Gasteiger partial charge is 0.265 e. The lowest BCUT2D eigenvalue weighted by molar-refractivity contribution is -0.121. The van der Waals surface area contributed by atoms with Gasteiger partial charge in [-0.15, -0.1) is 0 Å². The molecule has 30 heavy (non-hydrogen) atoms. The molecule has 3 aromatic rings. The topological polar surface area (TPSA) is 67.9 Å². The van der Waals surface area contributed by atoms with Crippen LogP contribution in [0.3, 0.4) is 0 Å². The number of rotatable bonds is 7. The Hall–Kier alpha value is -3.80. The van der Waals surface area contributed by atoms with Gasteiger partial charge in [0.15, 0.2) is 6.61 Å². The molecule has 0 bridgehead atoms. The Labute approximate surface area is 175 Å². The van der Waals surface area contributed by atoms with E-state index < -0.39 is 0 Å². The van der Waals surface area contributed by atoms with Crippen molar-refractivity contribution in [1.29, 1.82) is 0 Å². The number of hydrogen-bond acceptors (Lipinski definition) is 4. The predicted molar refractivity (Wildman–Crippen MR) is 115 cm³/mol. The molecular weight excluding hydrogens is 380 g/mol. The van der Waals surface area contributed by atoms with E-state index in [4.69, 9.17) is 9.47 Å². The molecule has 1 N–H and O–H groups in total. The average molecular weight is 402 g/mol. The van der Waals surface area contributed by atoms with Crippen molar-refractivity contribution in [1.82, 2.24) is 0 Å². The van der Waals surface area contributed by atoms with Crippen molar-refractivity contribution in [2.75, 3.05) is 23.4 Å². The van der Waals surface area contributed by atoms with Crippen LogP contribution in [0.2, 0.25) is 0 Å². The molecule has 6 nitrogen and oxygen atoms in total. The first-order valence-electron chi connectivity index (χ1n) is 9.78. The maximum Gasteiger partial charge on any atom is 0.265 e. The van der Waals surface area contributed by atoms with Gasteiger partial charge >= 0.3 is 0 Å². The summed E-state index contributed by atoms with van der Waals surface area (Å²) < 4.78 is 11.2. The number of anilines is 2. The Morgan fingerprint density at radius 2 is 1.70 bits per heavy atom. The van der Waals surface area contributed by atoms with Gasteiger partial charge in [0.1, 0.15) is 18.1 Å². The normalized spacial score (nSPS) is 12.7. The summed E-state index contributed by atoms with van der Waals surface area (Å²) in [5.41, 5.74) is 2.47. The summed E-state index contributed by atoms with van der Waals surface area (Å²) in [6.07, 6.45) is 0.187. The first-order chi connectivity index (χ1) is 14.7. The van der Waals surface area contributed by atoms with E-state index in [2.05, 4.69) is 5.32 Å². The second-order valence-corrected chi connectivity index (χ2v) is 6.90. The molecule has 6 heteroatoms. The largest absolute Gasteiger partial charge is 0.489 e. The summed E-state index contributed by atoms with van der Waals surface area (Å²) >= 11 is 0. The number of para-hydroxylation sites is 2. The number of nitrogens with one attached hydrogen (secondary N) is 1. The Morgan fingerprint density at radius 1 is 0.967 bits per heavy atom. The minimum absolute atomic E-state index is 0.0108. The highest BCUT2D eigenvalue weighted by Gasteiger charge is 2.25. The maximum absolute atomic E-state index is 12.4. The van der Waals surface area contributed by atoms with Crippen molar-refractivity contribution in [3.8, 4) is 11.5 Å². The van der Waals surface area contributed by atoms with E-state index >= 15 is 0 Å². The summed E-state index contributed by atoms with van der Waals surface area (Å²) in [7, 11) is 0. The molecule has 0 saturated heterocycles. The van der Waals surface area contributed by atoms with Crippen LogP contribution >= 0.6 is 0 Å². The second kappa shape index (κ2) is 9.13. The van der Waals surface area contributed by atoms with Crippen molar-refractivity contribution in [3.63, 3.8) is 0 Å². The van der Waals surface area contributed by atoms with Gasteiger partial charge in [0.2, 0.25) is 5.91 Å². The van der Waals surface area contributed by atoms with E-state index in [1.54, 1.807) is 17.0 Å². The van der Waals surface area contributed by atoms with Crippen LogP contribution in [0.4, 0.5) is 11.4 Å². The van der Waals surface area contributed by atoms with Crippen molar-refractivity contribution in [2.24, 2.45) is 0 Å². The third-order valence-electron chi connectivity index (χ3n) is 4.76. The molecule has 0 saturated carbocycles. The molecule has 0 unspecified atom stereocenters.